The molecule has 1 aromatic rings. The van der Waals surface area contributed by atoms with E-state index in [1.807, 2.05) is 0 Å². The molecule has 0 aromatic carbocycles. The third-order valence-corrected chi connectivity index (χ3v) is 2.00. The largest absolute Gasteiger partial charge is 0.461 e. The molecule has 1 heterocycles. The van der Waals surface area contributed by atoms with Crippen LogP contribution in [0, 0.1) is 0 Å². The topological polar surface area (TPSA) is 79.5 Å². The van der Waals surface area contributed by atoms with Crippen molar-refractivity contribution in [3.8, 4) is 6.01 Å². The van der Waals surface area contributed by atoms with Crippen molar-refractivity contribution in [3.05, 3.63) is 18.0 Å². The highest BCUT2D eigenvalue weighted by molar-refractivity contribution is 5.04. The number of nitrogens with zero attached hydrogens (tertiary/aromatic N) is 2. The minimum atomic E-state index is 0.341. The molecule has 0 aliphatic rings. The zero-order valence-corrected chi connectivity index (χ0v) is 10.1. The first-order valence-electron chi connectivity index (χ1n) is 5.58. The van der Waals surface area contributed by atoms with E-state index >= 15 is 0 Å². The van der Waals surface area contributed by atoms with Crippen LogP contribution in [-0.4, -0.2) is 43.5 Å². The summed E-state index contributed by atoms with van der Waals surface area (Å²) in [6.07, 6.45) is 2.51. The fourth-order valence-corrected chi connectivity index (χ4v) is 1.16. The smallest absolute Gasteiger partial charge is 0.316 e. The monoisotopic (exact) mass is 241 g/mol. The SMILES string of the molecule is COCCCOCCOc1nccc(CN)n1. The van der Waals surface area contributed by atoms with Gasteiger partial charge in [-0.25, -0.2) is 4.98 Å². The Labute approximate surface area is 101 Å². The molecule has 0 radical (unpaired) electrons. The number of aromatic nitrogens is 2. The van der Waals surface area contributed by atoms with Crippen LogP contribution in [-0.2, 0) is 16.0 Å². The van der Waals surface area contributed by atoms with Crippen LogP contribution in [0.1, 0.15) is 12.1 Å². The summed E-state index contributed by atoms with van der Waals surface area (Å²) in [5.74, 6) is 0. The van der Waals surface area contributed by atoms with Gasteiger partial charge in [0, 0.05) is 33.1 Å². The van der Waals surface area contributed by atoms with Crippen molar-refractivity contribution in [2.24, 2.45) is 5.73 Å². The Morgan fingerprint density at radius 1 is 1.24 bits per heavy atom. The summed E-state index contributed by atoms with van der Waals surface area (Å²) in [7, 11) is 1.67. The third-order valence-electron chi connectivity index (χ3n) is 2.00. The molecule has 0 saturated carbocycles. The van der Waals surface area contributed by atoms with Gasteiger partial charge in [0.1, 0.15) is 6.61 Å². The van der Waals surface area contributed by atoms with Crippen LogP contribution < -0.4 is 10.5 Å². The number of hydrogen-bond donors (Lipinski definition) is 1. The number of methoxy groups -OCH3 is 1. The summed E-state index contributed by atoms with van der Waals surface area (Å²) in [4.78, 5) is 8.07. The van der Waals surface area contributed by atoms with E-state index in [1.165, 1.54) is 0 Å². The summed E-state index contributed by atoms with van der Waals surface area (Å²) in [5, 5.41) is 0. The first kappa shape index (κ1) is 13.8. The highest BCUT2D eigenvalue weighted by Gasteiger charge is 1.98. The average Bonchev–Trinajstić information content (AvgIpc) is 2.38. The fourth-order valence-electron chi connectivity index (χ4n) is 1.16. The Morgan fingerprint density at radius 3 is 2.88 bits per heavy atom. The Balaban J connectivity index is 2.09. The van der Waals surface area contributed by atoms with E-state index in [9.17, 15) is 0 Å². The second-order valence-electron chi connectivity index (χ2n) is 3.34. The summed E-state index contributed by atoms with van der Waals surface area (Å²) in [5.41, 5.74) is 6.22. The average molecular weight is 241 g/mol. The molecule has 96 valence electrons. The summed E-state index contributed by atoms with van der Waals surface area (Å²) < 4.78 is 15.5. The molecule has 6 heteroatoms. The van der Waals surface area contributed by atoms with E-state index in [-0.39, 0.29) is 0 Å². The highest BCUT2D eigenvalue weighted by Crippen LogP contribution is 2.01. The number of rotatable bonds is 9. The van der Waals surface area contributed by atoms with Gasteiger partial charge in [-0.3, -0.25) is 0 Å². The lowest BCUT2D eigenvalue weighted by atomic mass is 10.4. The summed E-state index contributed by atoms with van der Waals surface area (Å²) in [6, 6.07) is 2.10. The van der Waals surface area contributed by atoms with E-state index in [4.69, 9.17) is 19.9 Å². The van der Waals surface area contributed by atoms with Crippen molar-refractivity contribution in [2.75, 3.05) is 33.5 Å². The van der Waals surface area contributed by atoms with Crippen LogP contribution in [0.4, 0.5) is 0 Å². The Morgan fingerprint density at radius 2 is 2.12 bits per heavy atom. The molecule has 0 unspecified atom stereocenters. The second kappa shape index (κ2) is 8.86. The Kier molecular flexibility index (Phi) is 7.20. The van der Waals surface area contributed by atoms with Crippen molar-refractivity contribution < 1.29 is 14.2 Å². The van der Waals surface area contributed by atoms with Crippen LogP contribution in [0.3, 0.4) is 0 Å². The molecular formula is C11H19N3O3. The number of nitrogens with two attached hydrogens (primary N) is 1. The first-order valence-corrected chi connectivity index (χ1v) is 5.58. The number of ether oxygens (including phenoxy) is 3. The standard InChI is InChI=1S/C11H19N3O3/c1-15-5-2-6-16-7-8-17-11-13-4-3-10(9-12)14-11/h3-4H,2,5-9,12H2,1H3. The lowest BCUT2D eigenvalue weighted by Crippen LogP contribution is -2.11. The molecule has 0 fully saturated rings. The van der Waals surface area contributed by atoms with Crippen molar-refractivity contribution in [1.29, 1.82) is 0 Å². The molecule has 0 saturated heterocycles. The molecular weight excluding hydrogens is 222 g/mol. The zero-order valence-electron chi connectivity index (χ0n) is 10.1. The molecule has 1 rings (SSSR count). The van der Waals surface area contributed by atoms with E-state index < -0.39 is 0 Å². The minimum absolute atomic E-state index is 0.341. The van der Waals surface area contributed by atoms with Gasteiger partial charge in [-0.1, -0.05) is 0 Å². The maximum absolute atomic E-state index is 5.46. The van der Waals surface area contributed by atoms with Crippen molar-refractivity contribution in [1.82, 2.24) is 9.97 Å². The number of hydrogen-bond acceptors (Lipinski definition) is 6. The molecule has 2 N–H and O–H groups in total. The molecule has 0 aliphatic carbocycles. The van der Waals surface area contributed by atoms with Crippen LogP contribution >= 0.6 is 0 Å². The Hall–Kier alpha value is -1.24. The van der Waals surface area contributed by atoms with Gasteiger partial charge in [-0.05, 0) is 12.5 Å². The van der Waals surface area contributed by atoms with E-state index in [0.29, 0.717) is 39.0 Å². The molecule has 6 nitrogen and oxygen atoms in total. The quantitative estimate of drug-likeness (QED) is 0.629. The van der Waals surface area contributed by atoms with Gasteiger partial charge in [0.25, 0.3) is 0 Å². The van der Waals surface area contributed by atoms with E-state index in [2.05, 4.69) is 9.97 Å². The molecule has 0 atom stereocenters. The van der Waals surface area contributed by atoms with Crippen molar-refractivity contribution in [2.45, 2.75) is 13.0 Å². The Bertz CT molecular complexity index is 310. The summed E-state index contributed by atoms with van der Waals surface area (Å²) >= 11 is 0. The second-order valence-corrected chi connectivity index (χ2v) is 3.34. The predicted octanol–water partition coefficient (Wildman–Crippen LogP) is 0.367. The van der Waals surface area contributed by atoms with Gasteiger partial charge in [0.05, 0.1) is 12.3 Å². The molecule has 0 spiro atoms. The van der Waals surface area contributed by atoms with Crippen LogP contribution in [0.2, 0.25) is 0 Å². The van der Waals surface area contributed by atoms with Gasteiger partial charge in [0.15, 0.2) is 0 Å². The summed E-state index contributed by atoms with van der Waals surface area (Å²) in [6.45, 7) is 2.71. The molecule has 0 amide bonds. The zero-order chi connectivity index (χ0) is 12.3. The lowest BCUT2D eigenvalue weighted by molar-refractivity contribution is 0.0782. The van der Waals surface area contributed by atoms with Gasteiger partial charge in [0.2, 0.25) is 0 Å². The van der Waals surface area contributed by atoms with Gasteiger partial charge in [-0.2, -0.15) is 4.98 Å². The van der Waals surface area contributed by atoms with Crippen LogP contribution in [0.15, 0.2) is 12.3 Å². The lowest BCUT2D eigenvalue weighted by Gasteiger charge is -2.06. The fraction of sp³-hybridized carbons (Fsp3) is 0.636. The first-order chi connectivity index (χ1) is 8.36. The van der Waals surface area contributed by atoms with Crippen molar-refractivity contribution in [3.63, 3.8) is 0 Å². The van der Waals surface area contributed by atoms with Crippen molar-refractivity contribution >= 4 is 0 Å². The van der Waals surface area contributed by atoms with Crippen LogP contribution in [0.25, 0.3) is 0 Å². The normalized spacial score (nSPS) is 10.5. The maximum atomic E-state index is 5.46. The van der Waals surface area contributed by atoms with E-state index in [0.717, 1.165) is 12.1 Å². The predicted molar refractivity (Wildman–Crippen MR) is 62.7 cm³/mol. The minimum Gasteiger partial charge on any atom is -0.461 e. The van der Waals surface area contributed by atoms with Gasteiger partial charge >= 0.3 is 6.01 Å². The van der Waals surface area contributed by atoms with Gasteiger partial charge < -0.3 is 19.9 Å². The maximum Gasteiger partial charge on any atom is 0.316 e. The molecule has 0 bridgehead atoms. The molecule has 17 heavy (non-hydrogen) atoms. The highest BCUT2D eigenvalue weighted by atomic mass is 16.5. The van der Waals surface area contributed by atoms with Crippen LogP contribution in [0.5, 0.6) is 6.01 Å². The molecule has 1 aromatic heterocycles. The third kappa shape index (κ3) is 6.15. The van der Waals surface area contributed by atoms with Gasteiger partial charge in [-0.15, -0.1) is 0 Å². The van der Waals surface area contributed by atoms with E-state index in [1.54, 1.807) is 19.4 Å². The molecule has 0 aliphatic heterocycles.